The Kier molecular flexibility index (Phi) is 27.2. The third-order valence-electron chi connectivity index (χ3n) is 17.4. The van der Waals surface area contributed by atoms with Crippen molar-refractivity contribution in [3.8, 4) is 5.75 Å². The number of benzene rings is 5. The number of aliphatic carboxylic acids is 4. The van der Waals surface area contributed by atoms with E-state index in [1.165, 1.54) is 37.4 Å². The molecule has 10 rings (SSSR count). The number of carbonyl (C=O) groups excluding carboxylic acids is 9. The van der Waals surface area contributed by atoms with Crippen molar-refractivity contribution in [1.29, 1.82) is 5.41 Å². The van der Waals surface area contributed by atoms with E-state index in [1.807, 2.05) is 24.3 Å². The molecule has 5 heterocycles. The number of carboxylic acid groups (broad SMARTS) is 4. The monoisotopic (exact) mass is 1610 g/mol. The van der Waals surface area contributed by atoms with Crippen LogP contribution in [-0.2, 0) is 54.5 Å². The number of nitrogen functional groups attached to an aromatic ring is 1. The third kappa shape index (κ3) is 21.8. The molecule has 9 aromatic rings. The summed E-state index contributed by atoms with van der Waals surface area (Å²) in [5.74, 6) is -14.4. The quantitative estimate of drug-likeness (QED) is 0.00501. The van der Waals surface area contributed by atoms with Gasteiger partial charge in [-0.15, -0.1) is 11.6 Å². The van der Waals surface area contributed by atoms with Crippen molar-refractivity contribution in [1.82, 2.24) is 61.8 Å². The van der Waals surface area contributed by atoms with E-state index < -0.39 is 139 Å². The summed E-state index contributed by atoms with van der Waals surface area (Å²) in [4.78, 5) is 205. The smallest absolute Gasteiger partial charge is 0.327 e. The van der Waals surface area contributed by atoms with Gasteiger partial charge in [-0.3, -0.25) is 67.9 Å². The van der Waals surface area contributed by atoms with Crippen LogP contribution in [0.25, 0.3) is 43.7 Å². The number of fused-ring (bicyclic) bond motifs is 6. The van der Waals surface area contributed by atoms with Crippen LogP contribution in [0, 0.1) is 5.41 Å². The van der Waals surface area contributed by atoms with Crippen LogP contribution in [0.2, 0.25) is 0 Å². The van der Waals surface area contributed by atoms with Gasteiger partial charge < -0.3 is 99.3 Å². The van der Waals surface area contributed by atoms with Gasteiger partial charge in [0, 0.05) is 112 Å². The predicted octanol–water partition coefficient (Wildman–Crippen LogP) is 3.79. The summed E-state index contributed by atoms with van der Waals surface area (Å²) in [7, 11) is 2.00. The van der Waals surface area contributed by atoms with Crippen molar-refractivity contribution in [3.05, 3.63) is 148 Å². The van der Waals surface area contributed by atoms with Gasteiger partial charge in [0.2, 0.25) is 35.5 Å². The van der Waals surface area contributed by atoms with E-state index in [0.29, 0.717) is 61.4 Å². The van der Waals surface area contributed by atoms with Crippen LogP contribution in [0.3, 0.4) is 0 Å². The fourth-order valence-electron chi connectivity index (χ4n) is 12.1. The number of hydrogen-bond acceptors (Lipinski definition) is 23. The van der Waals surface area contributed by atoms with Crippen LogP contribution < -0.4 is 74.5 Å². The summed E-state index contributed by atoms with van der Waals surface area (Å²) in [5, 5.41) is 72.1. The first kappa shape index (κ1) is 82.1. The fourth-order valence-corrected chi connectivity index (χ4v) is 14.5. The molecule has 0 radical (unpaired) electrons. The molecule has 5 aromatic carbocycles. The second kappa shape index (κ2) is 37.4. The average molecular weight is 1610 g/mol. The molecule has 0 saturated heterocycles. The first-order valence-corrected chi connectivity index (χ1v) is 37.6. The molecule has 0 fully saturated rings. The summed E-state index contributed by atoms with van der Waals surface area (Å²) in [5.41, 5.74) is 15.1. The van der Waals surface area contributed by atoms with Gasteiger partial charge in [0.25, 0.3) is 23.3 Å². The van der Waals surface area contributed by atoms with Gasteiger partial charge in [-0.2, -0.15) is 4.98 Å². The number of alkyl halides is 1. The first-order valence-electron chi connectivity index (χ1n) is 34.5. The zero-order chi connectivity index (χ0) is 81.3. The molecule has 1 aliphatic rings. The van der Waals surface area contributed by atoms with Crippen LogP contribution in [-0.4, -0.2) is 194 Å². The van der Waals surface area contributed by atoms with Crippen LogP contribution in [0.4, 0.5) is 28.7 Å². The lowest BCUT2D eigenvalue weighted by atomic mass is 9.95. The minimum Gasteiger partial charge on any atom is -0.481 e. The summed E-state index contributed by atoms with van der Waals surface area (Å²) >= 11 is 6.47. The Morgan fingerprint density at radius 2 is 1.27 bits per heavy atom. The van der Waals surface area contributed by atoms with Gasteiger partial charge in [-0.05, 0) is 103 Å². The van der Waals surface area contributed by atoms with Crippen molar-refractivity contribution >= 4 is 189 Å². The van der Waals surface area contributed by atoms with Gasteiger partial charge >= 0.3 is 29.8 Å². The fraction of sp³-hybridized carbons (Fsp3) is 0.278. The van der Waals surface area contributed by atoms with E-state index in [4.69, 9.17) is 33.2 Å². The van der Waals surface area contributed by atoms with Crippen LogP contribution in [0.5, 0.6) is 5.75 Å². The number of esters is 1. The van der Waals surface area contributed by atoms with Crippen LogP contribution >= 0.6 is 33.2 Å². The molecule has 1 unspecified atom stereocenters. The van der Waals surface area contributed by atoms with E-state index in [2.05, 4.69) is 77.8 Å². The number of rotatable bonds is 37. The standard InChI is InChI=1S/C72H74ClN19O19S2/c1-33(93)111-54-27-53-59(43-6-3-2-5-42(43)54)37(28-73)31-92(53)68(106)51-24-36-22-40(13-15-45(36)84-51)82-64(102)48-23-35-21-39(12-14-44(35)83-48)80-56(95)18-20-112-113-32-52(70(109)110)89-66(104)50(26-58(98)99)88-63(101)46(7-4-19-77-71(74)75)86-65(103)49(25-57(96)97)85-55(94)17-16-47(69(107)108)87-62(100)34-8-10-38(11-9-34)78-29-41-30-79-61-60(81-41)67(105)91-72(76)90-61/h2-3,5-6,8-15,21-24,27,30,37,46-47,49-50,52,78,83-84H,4,7,16-20,25-26,28-29,31-32H2,1H3,(H,80,95)(H,82,102)(H,85,94)(H,86,103)(H,87,100)(H,88,101)(H,89,104)(H,96,97)(H,98,99)(H,107,108)(H,109,110)(H4,74,75,77)(H3,76,79,90,91,105)/t37?,46-,47-,49-,50-,52-/m0/s1. The summed E-state index contributed by atoms with van der Waals surface area (Å²) in [6, 6.07) is 19.0. The van der Waals surface area contributed by atoms with Gasteiger partial charge in [-0.1, -0.05) is 45.9 Å². The van der Waals surface area contributed by atoms with E-state index in [1.54, 1.807) is 59.5 Å². The molecule has 21 N–H and O–H groups in total. The predicted molar refractivity (Wildman–Crippen MR) is 416 cm³/mol. The second-order valence-corrected chi connectivity index (χ2v) is 28.6. The highest BCUT2D eigenvalue weighted by Crippen LogP contribution is 2.46. The Balaban J connectivity index is 0.678. The number of carbonyl (C=O) groups is 13. The van der Waals surface area contributed by atoms with Gasteiger partial charge in [-0.25, -0.2) is 19.6 Å². The summed E-state index contributed by atoms with van der Waals surface area (Å²) in [6.45, 7) is 1.58. The van der Waals surface area contributed by atoms with Crippen molar-refractivity contribution in [3.63, 3.8) is 0 Å². The molecule has 8 amide bonds. The maximum Gasteiger partial charge on any atom is 0.327 e. The molecule has 0 bridgehead atoms. The lowest BCUT2D eigenvalue weighted by Crippen LogP contribution is -2.58. The number of carboxylic acids is 4. The topological polar surface area (TPSA) is 603 Å². The third-order valence-corrected chi connectivity index (χ3v) is 20.2. The van der Waals surface area contributed by atoms with Gasteiger partial charge in [0.15, 0.2) is 17.1 Å². The van der Waals surface area contributed by atoms with Gasteiger partial charge in [0.05, 0.1) is 37.0 Å². The Bertz CT molecular complexity index is 5310. The molecule has 0 aliphatic carbocycles. The maximum atomic E-state index is 14.3. The second-order valence-electron chi connectivity index (χ2n) is 25.7. The molecule has 113 heavy (non-hydrogen) atoms. The molecule has 41 heteroatoms. The largest absolute Gasteiger partial charge is 0.481 e. The molecule has 0 spiro atoms. The van der Waals surface area contributed by atoms with Crippen molar-refractivity contribution in [2.45, 2.75) is 94.5 Å². The highest BCUT2D eigenvalue weighted by atomic mass is 35.5. The molecular weight excluding hydrogens is 1530 g/mol. The van der Waals surface area contributed by atoms with Crippen LogP contribution in [0.15, 0.2) is 114 Å². The Morgan fingerprint density at radius 3 is 1.92 bits per heavy atom. The Morgan fingerprint density at radius 1 is 0.664 bits per heavy atom. The molecule has 590 valence electrons. The highest BCUT2D eigenvalue weighted by molar-refractivity contribution is 8.76. The van der Waals surface area contributed by atoms with E-state index in [0.717, 1.165) is 32.5 Å². The number of ether oxygens (including phenoxy) is 1. The van der Waals surface area contributed by atoms with Gasteiger partial charge in [0.1, 0.15) is 47.3 Å². The SMILES string of the molecule is CC(=O)Oc1cc2c(c3ccccc13)C(CCl)CN2C(=O)c1cc2cc(NC(=O)c3cc4cc(NC(=O)CCSSC[C@H](NC(=O)[C@H](CC(=O)O)NC(=O)[C@H](CCCNC(=N)N)NC(=O)[C@H](CC(=O)O)NC(=O)CC[C@H](NC(=O)c5ccc(NCc6cnc7nc(N)[nH]c(=O)c7n6)cc5)C(=O)O)C(=O)O)ccc4[nH]3)ccc2[nH]1. The molecule has 6 atom stereocenters. The lowest BCUT2D eigenvalue weighted by molar-refractivity contribution is -0.143. The number of halogens is 1. The average Bonchev–Trinajstić information content (AvgIpc) is 1.60. The number of guanidine groups is 1. The summed E-state index contributed by atoms with van der Waals surface area (Å²) < 4.78 is 5.58. The number of H-pyrrole nitrogens is 3. The Hall–Kier alpha value is -13.4. The molecular formula is C72H74ClN19O19S2. The van der Waals surface area contributed by atoms with E-state index >= 15 is 0 Å². The van der Waals surface area contributed by atoms with Crippen molar-refractivity contribution < 1.29 is 87.5 Å². The normalized spacial score (nSPS) is 13.6. The number of amides is 8. The number of anilines is 5. The minimum absolute atomic E-state index is 0.0000719. The molecule has 4 aromatic heterocycles. The zero-order valence-electron chi connectivity index (χ0n) is 59.6. The minimum atomic E-state index is -2.00. The van der Waals surface area contributed by atoms with Crippen molar-refractivity contribution in [2.75, 3.05) is 57.1 Å². The molecule has 38 nitrogen and oxygen atoms in total. The zero-order valence-corrected chi connectivity index (χ0v) is 62.0. The number of nitrogens with one attached hydrogen (secondary N) is 13. The lowest BCUT2D eigenvalue weighted by Gasteiger charge is -2.25. The van der Waals surface area contributed by atoms with E-state index in [9.17, 15) is 87.5 Å². The number of aromatic amines is 3. The molecule has 0 saturated carbocycles. The maximum absolute atomic E-state index is 14.3. The number of nitrogens with two attached hydrogens (primary N) is 2. The highest BCUT2D eigenvalue weighted by Gasteiger charge is 2.38. The number of nitrogens with zero attached hydrogens (tertiary/aromatic N) is 4. The number of hydrogen-bond donors (Lipinski definition) is 19. The Labute approximate surface area is 651 Å². The van der Waals surface area contributed by atoms with Crippen molar-refractivity contribution in [2.24, 2.45) is 5.73 Å². The number of aromatic nitrogens is 6. The summed E-state index contributed by atoms with van der Waals surface area (Å²) in [6.07, 6.45) is -2.65. The van der Waals surface area contributed by atoms with Crippen LogP contribution in [0.1, 0.15) is 100 Å². The van der Waals surface area contributed by atoms with E-state index in [-0.39, 0.29) is 102 Å². The molecule has 1 aliphatic heterocycles. The first-order chi connectivity index (χ1) is 54.0.